The van der Waals surface area contributed by atoms with E-state index in [0.717, 1.165) is 37.3 Å². The van der Waals surface area contributed by atoms with E-state index in [9.17, 15) is 14.7 Å². The molecule has 3 N–H and O–H groups in total. The summed E-state index contributed by atoms with van der Waals surface area (Å²) in [6.45, 7) is 8.61. The number of β-amino-alcohol motifs (C(OH)–C–C–N with tert-alkyl or cyclic N) is 1. The number of nitrogens with one attached hydrogen (secondary N) is 2. The molecule has 12 heteroatoms. The van der Waals surface area contributed by atoms with Crippen molar-refractivity contribution in [2.24, 2.45) is 0 Å². The minimum atomic E-state index is -0.726. The highest BCUT2D eigenvalue weighted by atomic mass is 16.5. The second kappa shape index (κ2) is 13.3. The van der Waals surface area contributed by atoms with Crippen molar-refractivity contribution in [2.45, 2.75) is 71.4 Å². The number of benzene rings is 1. The van der Waals surface area contributed by atoms with E-state index in [1.54, 1.807) is 13.0 Å². The van der Waals surface area contributed by atoms with E-state index in [1.165, 1.54) is 23.8 Å². The van der Waals surface area contributed by atoms with Gasteiger partial charge < -0.3 is 29.8 Å². The minimum Gasteiger partial charge on any atom is -0.486 e. The van der Waals surface area contributed by atoms with E-state index in [0.29, 0.717) is 37.8 Å². The normalized spacial score (nSPS) is 19.6. The molecule has 5 rings (SSSR count). The van der Waals surface area contributed by atoms with Crippen molar-refractivity contribution in [3.8, 4) is 5.75 Å². The van der Waals surface area contributed by atoms with Crippen molar-refractivity contribution in [3.63, 3.8) is 0 Å². The molecule has 2 unspecified atom stereocenters. The molecule has 1 saturated heterocycles. The number of aliphatic hydroxyl groups excluding tert-OH is 1. The summed E-state index contributed by atoms with van der Waals surface area (Å²) < 4.78 is 11.2. The van der Waals surface area contributed by atoms with Gasteiger partial charge in [0.1, 0.15) is 30.2 Å². The lowest BCUT2D eigenvalue weighted by Gasteiger charge is -2.37. The van der Waals surface area contributed by atoms with Gasteiger partial charge in [-0.1, -0.05) is 6.07 Å². The van der Waals surface area contributed by atoms with Crippen molar-refractivity contribution in [1.82, 2.24) is 30.1 Å². The number of hydrogen-bond acceptors (Lipinski definition) is 10. The van der Waals surface area contributed by atoms with Crippen molar-refractivity contribution < 1.29 is 23.8 Å². The molecule has 2 aliphatic rings. The number of carbonyl (C=O) groups is 2. The number of aromatic nitrogens is 3. The summed E-state index contributed by atoms with van der Waals surface area (Å²) in [5.41, 5.74) is 3.49. The molecule has 224 valence electrons. The maximum absolute atomic E-state index is 12.8. The molecule has 3 aromatic rings. The van der Waals surface area contributed by atoms with E-state index in [-0.39, 0.29) is 36.1 Å². The number of ether oxygens (including phenoxy) is 1. The predicted octanol–water partition coefficient (Wildman–Crippen LogP) is 2.31. The molecule has 3 atom stereocenters. The van der Waals surface area contributed by atoms with Crippen LogP contribution in [0.4, 0.5) is 5.82 Å². The Bertz CT molecular complexity index is 1400. The van der Waals surface area contributed by atoms with Crippen LogP contribution in [0.25, 0.3) is 0 Å². The highest BCUT2D eigenvalue weighted by Gasteiger charge is 2.27. The van der Waals surface area contributed by atoms with Gasteiger partial charge in [-0.05, 0) is 56.4 Å². The fourth-order valence-corrected chi connectivity index (χ4v) is 5.65. The van der Waals surface area contributed by atoms with Crippen LogP contribution in [-0.4, -0.2) is 86.0 Å². The molecule has 2 amide bonds. The Balaban J connectivity index is 1.06. The number of hydrogen-bond donors (Lipinski definition) is 3. The Morgan fingerprint density at radius 1 is 1.19 bits per heavy atom. The van der Waals surface area contributed by atoms with Crippen LogP contribution in [0.1, 0.15) is 59.8 Å². The zero-order valence-electron chi connectivity index (χ0n) is 24.4. The summed E-state index contributed by atoms with van der Waals surface area (Å²) in [5.74, 6) is 1.80. The molecule has 0 spiro atoms. The maximum Gasteiger partial charge on any atom is 0.270 e. The number of piperidine rings is 1. The summed E-state index contributed by atoms with van der Waals surface area (Å²) in [6.07, 6.45) is 4.51. The van der Waals surface area contributed by atoms with E-state index in [2.05, 4.69) is 42.6 Å². The van der Waals surface area contributed by atoms with Crippen LogP contribution in [0, 0.1) is 6.92 Å². The summed E-state index contributed by atoms with van der Waals surface area (Å²) >= 11 is 0. The standard InChI is InChI=1S/C30H39N7O5/c1-19-10-24(7-9-37(19)21(3)38)35-29-12-27(32-17-33-29)30(40)31-13-25(39)15-36-8-6-22-11-26(5-4-23(22)14-36)41-16-28-20(2)34-18-42-28/h4-5,11-12,17-19,24-25,39H,6-10,13-16H2,1-3H3,(H,31,40)(H,32,33,35)/t19?,24?,25-/m0/s1. The molecule has 0 radical (unpaired) electrons. The first-order valence-electron chi connectivity index (χ1n) is 14.4. The summed E-state index contributed by atoms with van der Waals surface area (Å²) in [5, 5.41) is 16.8. The number of aliphatic hydroxyl groups is 1. The lowest BCUT2D eigenvalue weighted by molar-refractivity contribution is -0.132. The molecule has 4 heterocycles. The third-order valence-corrected chi connectivity index (χ3v) is 7.98. The molecule has 12 nitrogen and oxygen atoms in total. The number of likely N-dealkylation sites (tertiary alicyclic amines) is 1. The molecule has 1 aromatic carbocycles. The maximum atomic E-state index is 12.8. The number of anilines is 1. The number of oxazole rings is 1. The monoisotopic (exact) mass is 577 g/mol. The SMILES string of the molecule is CC(=O)N1CCC(Nc2cc(C(=O)NC[C@H](O)CN3CCc4cc(OCc5ocnc5C)ccc4C3)ncn2)CC1C. The molecule has 0 saturated carbocycles. The number of carbonyl (C=O) groups excluding carboxylic acids is 2. The number of rotatable bonds is 10. The smallest absolute Gasteiger partial charge is 0.270 e. The first-order chi connectivity index (χ1) is 20.2. The summed E-state index contributed by atoms with van der Waals surface area (Å²) in [4.78, 5) is 41.0. The topological polar surface area (TPSA) is 146 Å². The zero-order valence-corrected chi connectivity index (χ0v) is 24.4. The van der Waals surface area contributed by atoms with Gasteiger partial charge in [0, 0.05) is 57.8 Å². The third kappa shape index (κ3) is 7.42. The van der Waals surface area contributed by atoms with Crippen LogP contribution in [0.3, 0.4) is 0 Å². The van der Waals surface area contributed by atoms with Crippen LogP contribution in [-0.2, 0) is 24.4 Å². The molecule has 42 heavy (non-hydrogen) atoms. The van der Waals surface area contributed by atoms with Crippen LogP contribution in [0.15, 0.2) is 41.4 Å². The highest BCUT2D eigenvalue weighted by Crippen LogP contribution is 2.25. The first-order valence-corrected chi connectivity index (χ1v) is 14.4. The van der Waals surface area contributed by atoms with Crippen LogP contribution in [0.2, 0.25) is 0 Å². The number of fused-ring (bicyclic) bond motifs is 1. The average molecular weight is 578 g/mol. The van der Waals surface area contributed by atoms with Gasteiger partial charge in [0.15, 0.2) is 12.2 Å². The van der Waals surface area contributed by atoms with Crippen molar-refractivity contribution >= 4 is 17.6 Å². The molecular weight excluding hydrogens is 538 g/mol. The van der Waals surface area contributed by atoms with Gasteiger partial charge >= 0.3 is 0 Å². The van der Waals surface area contributed by atoms with E-state index < -0.39 is 6.10 Å². The molecular formula is C30H39N7O5. The summed E-state index contributed by atoms with van der Waals surface area (Å²) in [7, 11) is 0. The number of aryl methyl sites for hydroxylation is 1. The van der Waals surface area contributed by atoms with Gasteiger partial charge in [0.2, 0.25) is 5.91 Å². The molecule has 1 fully saturated rings. The van der Waals surface area contributed by atoms with Crippen LogP contribution in [0.5, 0.6) is 5.75 Å². The molecule has 0 aliphatic carbocycles. The van der Waals surface area contributed by atoms with E-state index >= 15 is 0 Å². The Hall–Kier alpha value is -4.03. The molecule has 0 bridgehead atoms. The van der Waals surface area contributed by atoms with Crippen molar-refractivity contribution in [2.75, 3.05) is 31.5 Å². The van der Waals surface area contributed by atoms with Gasteiger partial charge in [0.05, 0.1) is 11.8 Å². The van der Waals surface area contributed by atoms with Gasteiger partial charge in [-0.3, -0.25) is 14.5 Å². The van der Waals surface area contributed by atoms with Gasteiger partial charge in [-0.25, -0.2) is 15.0 Å². The Morgan fingerprint density at radius 2 is 2.05 bits per heavy atom. The minimum absolute atomic E-state index is 0.0872. The third-order valence-electron chi connectivity index (χ3n) is 7.98. The predicted molar refractivity (Wildman–Crippen MR) is 155 cm³/mol. The van der Waals surface area contributed by atoms with E-state index in [4.69, 9.17) is 9.15 Å². The number of nitrogens with zero attached hydrogens (tertiary/aromatic N) is 5. The number of amides is 2. The van der Waals surface area contributed by atoms with Crippen molar-refractivity contribution in [1.29, 1.82) is 0 Å². The first kappa shape index (κ1) is 29.5. The Kier molecular flexibility index (Phi) is 9.33. The lowest BCUT2D eigenvalue weighted by Crippen LogP contribution is -2.47. The molecule has 2 aromatic heterocycles. The summed E-state index contributed by atoms with van der Waals surface area (Å²) in [6, 6.07) is 7.99. The van der Waals surface area contributed by atoms with Crippen LogP contribution < -0.4 is 15.4 Å². The quantitative estimate of drug-likeness (QED) is 0.328. The van der Waals surface area contributed by atoms with Crippen molar-refractivity contribution in [3.05, 3.63) is 65.3 Å². The molecule has 2 aliphatic heterocycles. The second-order valence-electron chi connectivity index (χ2n) is 11.1. The van der Waals surface area contributed by atoms with Gasteiger partial charge in [-0.2, -0.15) is 0 Å². The van der Waals surface area contributed by atoms with Crippen LogP contribution >= 0.6 is 0 Å². The Morgan fingerprint density at radius 3 is 2.81 bits per heavy atom. The second-order valence-corrected chi connectivity index (χ2v) is 11.1. The van der Waals surface area contributed by atoms with Gasteiger partial charge in [0.25, 0.3) is 5.91 Å². The average Bonchev–Trinajstić information content (AvgIpc) is 3.39. The largest absolute Gasteiger partial charge is 0.486 e. The lowest BCUT2D eigenvalue weighted by atomic mass is 9.98. The van der Waals surface area contributed by atoms with Gasteiger partial charge in [-0.15, -0.1) is 0 Å². The fraction of sp³-hybridized carbons (Fsp3) is 0.500. The zero-order chi connectivity index (χ0) is 29.6. The highest BCUT2D eigenvalue weighted by molar-refractivity contribution is 5.92. The Labute approximate surface area is 245 Å². The fourth-order valence-electron chi connectivity index (χ4n) is 5.65. The van der Waals surface area contributed by atoms with E-state index in [1.807, 2.05) is 24.8 Å².